The van der Waals surface area contributed by atoms with Crippen LogP contribution in [0.5, 0.6) is 5.88 Å². The molecule has 20 heteroatoms. The van der Waals surface area contributed by atoms with E-state index in [2.05, 4.69) is 48.4 Å². The SMILES string of the molecule is Cc1ncsc1-c1ccc(CNC(=O)[C@@H]2C[C@@H](O)CN2C(=O)[C@H](c2cc(OCCCN3CCCN(c4nccc(-c5noc([C@@]6(C)CCCc7sc(N)c(C#N)c76)n5)n4)[C@@H](C)C3)no2)C(C)C)cc1. The Morgan fingerprint density at radius 1 is 1.10 bits per heavy atom. The van der Waals surface area contributed by atoms with Gasteiger partial charge >= 0.3 is 0 Å². The van der Waals surface area contributed by atoms with Gasteiger partial charge in [-0.05, 0) is 87.7 Å². The third kappa shape index (κ3) is 9.96. The third-order valence-corrected chi connectivity index (χ3v) is 15.7. The van der Waals surface area contributed by atoms with Crippen LogP contribution in [0.2, 0.25) is 0 Å². The first-order valence-electron chi connectivity index (χ1n) is 23.6. The molecule has 0 radical (unpaired) electrons. The summed E-state index contributed by atoms with van der Waals surface area (Å²) in [6.45, 7) is 14.0. The molecule has 9 rings (SSSR count). The number of thiazole rings is 1. The number of likely N-dealkylation sites (tertiary alicyclic amines) is 1. The van der Waals surface area contributed by atoms with Crippen LogP contribution in [-0.4, -0.2) is 114 Å². The number of nitrogen functional groups attached to an aromatic ring is 1. The Labute approximate surface area is 408 Å². The molecule has 6 aromatic rings. The number of carbonyl (C=O) groups excluding carboxylic acids is 2. The molecular formula is C49H58N12O6S2. The van der Waals surface area contributed by atoms with Crippen molar-refractivity contribution in [2.45, 2.75) is 109 Å². The smallest absolute Gasteiger partial charge is 0.254 e. The van der Waals surface area contributed by atoms with Crippen molar-refractivity contribution in [3.63, 3.8) is 0 Å². The Morgan fingerprint density at radius 3 is 2.70 bits per heavy atom. The number of fused-ring (bicyclic) bond motifs is 1. The Bertz CT molecular complexity index is 2820. The number of anilines is 2. The molecule has 0 unspecified atom stereocenters. The molecule has 0 saturated carbocycles. The van der Waals surface area contributed by atoms with Gasteiger partial charge in [0.25, 0.3) is 5.88 Å². The monoisotopic (exact) mass is 974 g/mol. The molecular weight excluding hydrogens is 917 g/mol. The fourth-order valence-electron chi connectivity index (χ4n) is 10.1. The number of aryl methyl sites for hydroxylation is 2. The predicted octanol–water partition coefficient (Wildman–Crippen LogP) is 6.49. The van der Waals surface area contributed by atoms with Crippen molar-refractivity contribution in [3.8, 4) is 33.9 Å². The maximum Gasteiger partial charge on any atom is 0.254 e. The number of benzene rings is 1. The van der Waals surface area contributed by atoms with Gasteiger partial charge in [-0.25, -0.2) is 15.0 Å². The standard InChI is InChI=1S/C49H58N12O6S2/c1-28(2)40(46(64)61-26-33(62)21-36(61)45(63)53-24-31-10-12-32(13-11-31)42-30(4)54-27-68-42)37-22-39(57-66-37)65-20-8-18-59-17-7-19-60(29(3)25-59)48-52-16-14-35(55-48)44-56-47(67-58-44)49(5)15-6-9-38-41(49)34(23-50)43(51)69-38/h10-14,16,22,27-29,33,36,40,62H,6-9,15,17-21,24-26,51H2,1-5H3,(H,53,63)/t29-,33+,36-,40-,49-/m0/s1. The molecule has 0 bridgehead atoms. The van der Waals surface area contributed by atoms with E-state index in [1.807, 2.05) is 57.5 Å². The van der Waals surface area contributed by atoms with E-state index >= 15 is 0 Å². The summed E-state index contributed by atoms with van der Waals surface area (Å²) in [6, 6.07) is 13.0. The van der Waals surface area contributed by atoms with Gasteiger partial charge in [0.05, 0.1) is 39.8 Å². The summed E-state index contributed by atoms with van der Waals surface area (Å²) in [5, 5.41) is 32.6. The highest BCUT2D eigenvalue weighted by Gasteiger charge is 2.45. The van der Waals surface area contributed by atoms with Crippen LogP contribution in [0.4, 0.5) is 10.9 Å². The van der Waals surface area contributed by atoms with Crippen LogP contribution in [0.25, 0.3) is 22.0 Å². The molecule has 7 heterocycles. The summed E-state index contributed by atoms with van der Waals surface area (Å²) < 4.78 is 17.7. The number of carbonyl (C=O) groups is 2. The fraction of sp³-hybridized carbons (Fsp3) is 0.490. The van der Waals surface area contributed by atoms with Crippen molar-refractivity contribution in [2.24, 2.45) is 5.92 Å². The van der Waals surface area contributed by atoms with Crippen molar-refractivity contribution in [3.05, 3.63) is 87.0 Å². The number of hydrogen-bond acceptors (Lipinski definition) is 18. The van der Waals surface area contributed by atoms with Gasteiger partial charge < -0.3 is 44.6 Å². The summed E-state index contributed by atoms with van der Waals surface area (Å²) in [5.41, 5.74) is 12.4. The zero-order valence-corrected chi connectivity index (χ0v) is 41.2. The Morgan fingerprint density at radius 2 is 1.93 bits per heavy atom. The lowest BCUT2D eigenvalue weighted by molar-refractivity contribution is -0.141. The quantitative estimate of drug-likeness (QED) is 0.0932. The molecule has 4 N–H and O–H groups in total. The molecule has 69 heavy (non-hydrogen) atoms. The highest BCUT2D eigenvalue weighted by molar-refractivity contribution is 7.16. The number of nitriles is 1. The van der Waals surface area contributed by atoms with Crippen LogP contribution in [0.15, 0.2) is 57.2 Å². The predicted molar refractivity (Wildman–Crippen MR) is 260 cm³/mol. The van der Waals surface area contributed by atoms with Gasteiger partial charge in [0, 0.05) is 67.9 Å². The summed E-state index contributed by atoms with van der Waals surface area (Å²) in [7, 11) is 0. The van der Waals surface area contributed by atoms with E-state index in [0.717, 1.165) is 90.4 Å². The number of nitrogens with one attached hydrogen (secondary N) is 1. The van der Waals surface area contributed by atoms with Crippen molar-refractivity contribution >= 4 is 45.4 Å². The van der Waals surface area contributed by atoms with E-state index in [-0.39, 0.29) is 49.2 Å². The Kier molecular flexibility index (Phi) is 14.1. The normalized spacial score (nSPS) is 21.2. The van der Waals surface area contributed by atoms with E-state index in [0.29, 0.717) is 46.3 Å². The average Bonchev–Trinajstić information content (AvgIpc) is 4.19. The minimum absolute atomic E-state index is 0.0493. The molecule has 1 aliphatic carbocycles. The molecule has 2 amide bonds. The van der Waals surface area contributed by atoms with Crippen LogP contribution in [0.1, 0.15) is 105 Å². The molecule has 2 aliphatic heterocycles. The number of rotatable bonds is 15. The zero-order valence-electron chi connectivity index (χ0n) is 39.6. The van der Waals surface area contributed by atoms with Gasteiger partial charge in [0.15, 0.2) is 5.76 Å². The van der Waals surface area contributed by atoms with Crippen LogP contribution < -0.4 is 20.7 Å². The van der Waals surface area contributed by atoms with Crippen molar-refractivity contribution < 1.29 is 28.5 Å². The maximum atomic E-state index is 14.2. The lowest BCUT2D eigenvalue weighted by Crippen LogP contribution is -2.48. The lowest BCUT2D eigenvalue weighted by Gasteiger charge is -2.30. The summed E-state index contributed by atoms with van der Waals surface area (Å²) in [4.78, 5) is 54.8. The molecule has 1 aromatic carbocycles. The van der Waals surface area contributed by atoms with Crippen LogP contribution in [0.3, 0.4) is 0 Å². The van der Waals surface area contributed by atoms with Gasteiger partial charge in [-0.3, -0.25) is 9.59 Å². The minimum Gasteiger partial charge on any atom is -0.475 e. The Balaban J connectivity index is 0.763. The van der Waals surface area contributed by atoms with Crippen LogP contribution in [0, 0.1) is 24.2 Å². The number of hydrogen-bond donors (Lipinski definition) is 3. The first-order chi connectivity index (χ1) is 33.3. The number of aromatic nitrogens is 6. The summed E-state index contributed by atoms with van der Waals surface area (Å²) >= 11 is 3.06. The van der Waals surface area contributed by atoms with Crippen molar-refractivity contribution in [1.82, 2.24) is 45.4 Å². The largest absolute Gasteiger partial charge is 0.475 e. The van der Waals surface area contributed by atoms with Crippen molar-refractivity contribution in [2.75, 3.05) is 50.0 Å². The van der Waals surface area contributed by atoms with Gasteiger partial charge in [-0.15, -0.1) is 22.7 Å². The average molecular weight is 975 g/mol. The molecule has 362 valence electrons. The molecule has 0 spiro atoms. The lowest BCUT2D eigenvalue weighted by atomic mass is 9.72. The topological polar surface area (TPSA) is 239 Å². The second kappa shape index (κ2) is 20.4. The minimum atomic E-state index is -0.825. The summed E-state index contributed by atoms with van der Waals surface area (Å²) in [6.07, 6.45) is 5.26. The zero-order chi connectivity index (χ0) is 48.4. The number of nitrogens with zero attached hydrogens (tertiary/aromatic N) is 10. The van der Waals surface area contributed by atoms with E-state index < -0.39 is 23.5 Å². The second-order valence-electron chi connectivity index (χ2n) is 18.9. The molecule has 5 atom stereocenters. The number of amides is 2. The highest BCUT2D eigenvalue weighted by Crippen LogP contribution is 2.48. The van der Waals surface area contributed by atoms with Crippen molar-refractivity contribution in [1.29, 1.82) is 5.26 Å². The first kappa shape index (κ1) is 47.8. The Hall–Kier alpha value is -6.27. The van der Waals surface area contributed by atoms with Gasteiger partial charge in [0.1, 0.15) is 28.7 Å². The van der Waals surface area contributed by atoms with E-state index in [4.69, 9.17) is 29.5 Å². The number of aliphatic hydroxyl groups excluding tert-OH is 1. The van der Waals surface area contributed by atoms with Crippen LogP contribution >= 0.6 is 22.7 Å². The number of β-amino-alcohol motifs (C(OH)–C–C–N with tert-alkyl or cyclic N) is 1. The van der Waals surface area contributed by atoms with Gasteiger partial charge in [0.2, 0.25) is 29.5 Å². The molecule has 2 saturated heterocycles. The first-order valence-corrected chi connectivity index (χ1v) is 25.3. The molecule has 18 nitrogen and oxygen atoms in total. The number of aliphatic hydroxyl groups is 1. The summed E-state index contributed by atoms with van der Waals surface area (Å²) in [5.74, 6) is 0.520. The molecule has 5 aromatic heterocycles. The fourth-order valence-corrected chi connectivity index (χ4v) is 12.1. The highest BCUT2D eigenvalue weighted by atomic mass is 32.1. The number of ether oxygens (including phenoxy) is 1. The number of thiophene rings is 1. The van der Waals surface area contributed by atoms with E-state index in [9.17, 15) is 20.0 Å². The molecule has 3 aliphatic rings. The maximum absolute atomic E-state index is 14.2. The van der Waals surface area contributed by atoms with E-state index in [1.54, 1.807) is 29.7 Å². The second-order valence-corrected chi connectivity index (χ2v) is 20.9. The van der Waals surface area contributed by atoms with Gasteiger partial charge in [-0.1, -0.05) is 43.3 Å². The van der Waals surface area contributed by atoms with E-state index in [1.165, 1.54) is 16.2 Å². The van der Waals surface area contributed by atoms with Gasteiger partial charge in [-0.2, -0.15) is 10.2 Å². The number of nitrogens with two attached hydrogens (primary N) is 1. The van der Waals surface area contributed by atoms with Crippen LogP contribution in [-0.2, 0) is 28.0 Å². The molecule has 2 fully saturated rings. The third-order valence-electron chi connectivity index (χ3n) is 13.6.